The summed E-state index contributed by atoms with van der Waals surface area (Å²) in [6, 6.07) is 8.13. The first kappa shape index (κ1) is 21.7. The molecule has 3 rings (SSSR count). The molecule has 0 bridgehead atoms. The average Bonchev–Trinajstić information content (AvgIpc) is 3.22. The summed E-state index contributed by atoms with van der Waals surface area (Å²) in [6.45, 7) is 1.41. The van der Waals surface area contributed by atoms with Crippen LogP contribution >= 0.6 is 15.9 Å². The fourth-order valence-electron chi connectivity index (χ4n) is 3.06. The van der Waals surface area contributed by atoms with E-state index in [9.17, 15) is 14.4 Å². The van der Waals surface area contributed by atoms with E-state index in [-0.39, 0.29) is 24.1 Å². The Kier molecular flexibility index (Phi) is 6.99. The molecule has 2 heterocycles. The number of nitrogens with zero attached hydrogens (tertiary/aromatic N) is 2. The number of carbonyl (C=O) groups excluding carboxylic acids is 3. The molecule has 0 unspecified atom stereocenters. The summed E-state index contributed by atoms with van der Waals surface area (Å²) >= 11 is 3.13. The quantitative estimate of drug-likeness (QED) is 0.677. The third-order valence-electron chi connectivity index (χ3n) is 4.72. The molecule has 0 saturated carbocycles. The van der Waals surface area contributed by atoms with Gasteiger partial charge in [0, 0.05) is 37.8 Å². The van der Waals surface area contributed by atoms with E-state index in [0.29, 0.717) is 47.9 Å². The molecule has 1 N–H and O–H groups in total. The maximum Gasteiger partial charge on any atom is 0.287 e. The second kappa shape index (κ2) is 9.66. The van der Waals surface area contributed by atoms with E-state index in [0.717, 1.165) is 0 Å². The molecular formula is C20H22BrN3O6. The van der Waals surface area contributed by atoms with E-state index in [1.165, 1.54) is 20.3 Å². The molecule has 1 fully saturated rings. The second-order valence-corrected chi connectivity index (χ2v) is 7.34. The number of methoxy groups -OCH3 is 2. The molecule has 3 amide bonds. The highest BCUT2D eigenvalue weighted by atomic mass is 79.9. The molecule has 1 aliphatic rings. The average molecular weight is 480 g/mol. The SMILES string of the molecule is COc1cc(OC)cc(C(=O)N2CCN(C(=O)CNC(=O)c3ccc(Br)o3)CC2)c1. The van der Waals surface area contributed by atoms with Gasteiger partial charge in [0.1, 0.15) is 11.5 Å². The van der Waals surface area contributed by atoms with Crippen LogP contribution in [0.25, 0.3) is 0 Å². The lowest BCUT2D eigenvalue weighted by Gasteiger charge is -2.35. The Hall–Kier alpha value is -3.01. The smallest absolute Gasteiger partial charge is 0.287 e. The van der Waals surface area contributed by atoms with Crippen LogP contribution < -0.4 is 14.8 Å². The monoisotopic (exact) mass is 479 g/mol. The first-order valence-electron chi connectivity index (χ1n) is 9.25. The summed E-state index contributed by atoms with van der Waals surface area (Å²) in [4.78, 5) is 40.5. The Morgan fingerprint density at radius 1 is 1.00 bits per heavy atom. The number of rotatable bonds is 6. The van der Waals surface area contributed by atoms with Gasteiger partial charge in [0.15, 0.2) is 10.4 Å². The Labute approximate surface area is 182 Å². The Bertz CT molecular complexity index is 914. The van der Waals surface area contributed by atoms with Crippen LogP contribution in [0.4, 0.5) is 0 Å². The van der Waals surface area contributed by atoms with E-state index < -0.39 is 5.91 Å². The maximum absolute atomic E-state index is 12.8. The van der Waals surface area contributed by atoms with Gasteiger partial charge in [0.2, 0.25) is 5.91 Å². The molecule has 9 nitrogen and oxygen atoms in total. The van der Waals surface area contributed by atoms with Crippen molar-refractivity contribution < 1.29 is 28.3 Å². The van der Waals surface area contributed by atoms with Crippen LogP contribution in [0.1, 0.15) is 20.9 Å². The van der Waals surface area contributed by atoms with E-state index in [1.807, 2.05) is 0 Å². The fourth-order valence-corrected chi connectivity index (χ4v) is 3.37. The van der Waals surface area contributed by atoms with E-state index in [2.05, 4.69) is 21.2 Å². The summed E-state index contributed by atoms with van der Waals surface area (Å²) in [5.41, 5.74) is 0.461. The number of nitrogens with one attached hydrogen (secondary N) is 1. The lowest BCUT2D eigenvalue weighted by molar-refractivity contribution is -0.131. The zero-order valence-electron chi connectivity index (χ0n) is 16.6. The molecule has 0 atom stereocenters. The first-order valence-corrected chi connectivity index (χ1v) is 10.0. The lowest BCUT2D eigenvalue weighted by Crippen LogP contribution is -2.52. The van der Waals surface area contributed by atoms with Gasteiger partial charge in [-0.3, -0.25) is 14.4 Å². The highest BCUT2D eigenvalue weighted by Crippen LogP contribution is 2.24. The highest BCUT2D eigenvalue weighted by Gasteiger charge is 2.26. The van der Waals surface area contributed by atoms with Crippen molar-refractivity contribution in [3.8, 4) is 11.5 Å². The molecule has 1 aromatic carbocycles. The van der Waals surface area contributed by atoms with Gasteiger partial charge in [-0.05, 0) is 40.2 Å². The van der Waals surface area contributed by atoms with E-state index in [1.54, 1.807) is 34.1 Å². The van der Waals surface area contributed by atoms with Crippen LogP contribution in [-0.2, 0) is 4.79 Å². The van der Waals surface area contributed by atoms with Crippen LogP contribution in [-0.4, -0.2) is 74.5 Å². The van der Waals surface area contributed by atoms with E-state index in [4.69, 9.17) is 13.9 Å². The summed E-state index contributed by atoms with van der Waals surface area (Å²) in [6.07, 6.45) is 0. The fraction of sp³-hybridized carbons (Fsp3) is 0.350. The molecule has 30 heavy (non-hydrogen) atoms. The molecule has 10 heteroatoms. The summed E-state index contributed by atoms with van der Waals surface area (Å²) in [5.74, 6) is 0.352. The predicted molar refractivity (Wildman–Crippen MR) is 111 cm³/mol. The van der Waals surface area contributed by atoms with Crippen LogP contribution in [0.3, 0.4) is 0 Å². The number of amides is 3. The number of hydrogen-bond acceptors (Lipinski definition) is 6. The summed E-state index contributed by atoms with van der Waals surface area (Å²) < 4.78 is 16.0. The molecule has 1 aliphatic heterocycles. The number of hydrogen-bond donors (Lipinski definition) is 1. The van der Waals surface area contributed by atoms with Crippen molar-refractivity contribution in [2.45, 2.75) is 0 Å². The maximum atomic E-state index is 12.8. The third kappa shape index (κ3) is 5.12. The van der Waals surface area contributed by atoms with Crippen LogP contribution in [0.2, 0.25) is 0 Å². The molecule has 0 radical (unpaired) electrons. The summed E-state index contributed by atoms with van der Waals surface area (Å²) in [5, 5.41) is 2.54. The van der Waals surface area contributed by atoms with Gasteiger partial charge in [-0.2, -0.15) is 0 Å². The van der Waals surface area contributed by atoms with Gasteiger partial charge in [-0.1, -0.05) is 0 Å². The number of furan rings is 1. The molecule has 160 valence electrons. The largest absolute Gasteiger partial charge is 0.497 e. The third-order valence-corrected chi connectivity index (χ3v) is 5.14. The number of carbonyl (C=O) groups is 3. The van der Waals surface area contributed by atoms with Gasteiger partial charge in [0.25, 0.3) is 11.8 Å². The van der Waals surface area contributed by atoms with Crippen molar-refractivity contribution in [2.24, 2.45) is 0 Å². The van der Waals surface area contributed by atoms with Gasteiger partial charge in [0.05, 0.1) is 20.8 Å². The van der Waals surface area contributed by atoms with Crippen LogP contribution in [0.5, 0.6) is 11.5 Å². The lowest BCUT2D eigenvalue weighted by atomic mass is 10.1. The minimum atomic E-state index is -0.463. The van der Waals surface area contributed by atoms with Crippen molar-refractivity contribution in [1.82, 2.24) is 15.1 Å². The molecule has 1 aromatic heterocycles. The number of halogens is 1. The Balaban J connectivity index is 1.52. The Morgan fingerprint density at radius 3 is 2.13 bits per heavy atom. The highest BCUT2D eigenvalue weighted by molar-refractivity contribution is 9.10. The summed E-state index contributed by atoms with van der Waals surface area (Å²) in [7, 11) is 3.05. The van der Waals surface area contributed by atoms with Crippen molar-refractivity contribution in [2.75, 3.05) is 46.9 Å². The number of piperazine rings is 1. The van der Waals surface area contributed by atoms with Crippen LogP contribution in [0.15, 0.2) is 39.4 Å². The second-order valence-electron chi connectivity index (χ2n) is 6.56. The zero-order valence-corrected chi connectivity index (χ0v) is 18.2. The topological polar surface area (TPSA) is 101 Å². The molecular weight excluding hydrogens is 458 g/mol. The molecule has 1 saturated heterocycles. The first-order chi connectivity index (χ1) is 14.4. The predicted octanol–water partition coefficient (Wildman–Crippen LogP) is 1.77. The van der Waals surface area contributed by atoms with Crippen molar-refractivity contribution in [3.63, 3.8) is 0 Å². The van der Waals surface area contributed by atoms with Crippen molar-refractivity contribution >= 4 is 33.7 Å². The molecule has 0 aliphatic carbocycles. The Morgan fingerprint density at radius 2 is 1.60 bits per heavy atom. The van der Waals surface area contributed by atoms with Crippen molar-refractivity contribution in [3.05, 3.63) is 46.3 Å². The molecule has 0 spiro atoms. The van der Waals surface area contributed by atoms with Gasteiger partial charge in [-0.15, -0.1) is 0 Å². The van der Waals surface area contributed by atoms with Crippen molar-refractivity contribution in [1.29, 1.82) is 0 Å². The molecule has 2 aromatic rings. The zero-order chi connectivity index (χ0) is 21.7. The van der Waals surface area contributed by atoms with E-state index >= 15 is 0 Å². The van der Waals surface area contributed by atoms with Gasteiger partial charge >= 0.3 is 0 Å². The number of benzene rings is 1. The number of ether oxygens (including phenoxy) is 2. The van der Waals surface area contributed by atoms with Gasteiger partial charge < -0.3 is 29.0 Å². The minimum Gasteiger partial charge on any atom is -0.497 e. The minimum absolute atomic E-state index is 0.124. The normalized spacial score (nSPS) is 13.7. The van der Waals surface area contributed by atoms with Crippen LogP contribution in [0, 0.1) is 0 Å². The van der Waals surface area contributed by atoms with Gasteiger partial charge in [-0.25, -0.2) is 0 Å². The standard InChI is InChI=1S/C20H22BrN3O6/c1-28-14-9-13(10-15(11-14)29-2)20(27)24-7-5-23(6-8-24)18(25)12-22-19(26)16-3-4-17(21)30-16/h3-4,9-11H,5-8,12H2,1-2H3,(H,22,26).